The van der Waals surface area contributed by atoms with Gasteiger partial charge in [0.2, 0.25) is 0 Å². The zero-order valence-electron chi connectivity index (χ0n) is 7.98. The largest absolute Gasteiger partial charge is 0.472 e. The van der Waals surface area contributed by atoms with Crippen LogP contribution in [0.25, 0.3) is 0 Å². The van der Waals surface area contributed by atoms with Crippen LogP contribution >= 0.6 is 20.4 Å². The third-order valence-electron chi connectivity index (χ3n) is 1.90. The second-order valence-corrected chi connectivity index (χ2v) is 4.35. The summed E-state index contributed by atoms with van der Waals surface area (Å²) in [5.41, 5.74) is 0. The maximum Gasteiger partial charge on any atom is 0.123 e. The molecule has 0 aromatic heterocycles. The number of rotatable bonds is 3. The average Bonchev–Trinajstić information content (AvgIpc) is 2.29. The van der Waals surface area contributed by atoms with Crippen molar-refractivity contribution in [2.24, 2.45) is 0 Å². The van der Waals surface area contributed by atoms with Crippen LogP contribution in [0.4, 0.5) is 0 Å². The van der Waals surface area contributed by atoms with E-state index < -0.39 is 0 Å². The van der Waals surface area contributed by atoms with Gasteiger partial charge in [0, 0.05) is 5.30 Å². The molecule has 0 N–H and O–H groups in total. The number of benzene rings is 2. The lowest BCUT2D eigenvalue weighted by atomic mass is 10.3. The second kappa shape index (κ2) is 5.16. The van der Waals surface area contributed by atoms with Crippen LogP contribution in [-0.4, -0.2) is 0 Å². The van der Waals surface area contributed by atoms with Crippen molar-refractivity contribution in [2.45, 2.75) is 0 Å². The molecule has 0 saturated heterocycles. The van der Waals surface area contributed by atoms with Gasteiger partial charge < -0.3 is 4.52 Å². The van der Waals surface area contributed by atoms with E-state index in [2.05, 4.69) is 0 Å². The lowest BCUT2D eigenvalue weighted by Gasteiger charge is -2.06. The summed E-state index contributed by atoms with van der Waals surface area (Å²) in [4.78, 5) is 0. The van der Waals surface area contributed by atoms with Gasteiger partial charge in [-0.1, -0.05) is 41.9 Å². The van der Waals surface area contributed by atoms with Crippen molar-refractivity contribution in [3.63, 3.8) is 0 Å². The molecule has 0 aliphatic carbocycles. The minimum atomic E-state index is 0.249. The molecular formula is C12H10ClOP. The fraction of sp³-hybridized carbons (Fsp3) is 0. The standard InChI is InChI=1S/C12H10ClOP/c13-11-8-4-5-9-12(11)15-14-10-6-2-1-3-7-10/h1-9,15H. The molecule has 0 saturated carbocycles. The fourth-order valence-corrected chi connectivity index (χ4v) is 2.11. The van der Waals surface area contributed by atoms with Crippen molar-refractivity contribution >= 4 is 25.7 Å². The lowest BCUT2D eigenvalue weighted by Crippen LogP contribution is -1.97. The van der Waals surface area contributed by atoms with E-state index in [4.69, 9.17) is 16.1 Å². The molecule has 0 amide bonds. The van der Waals surface area contributed by atoms with Crippen molar-refractivity contribution in [3.05, 3.63) is 59.6 Å². The summed E-state index contributed by atoms with van der Waals surface area (Å²) in [6.45, 7) is 0. The zero-order valence-corrected chi connectivity index (χ0v) is 9.74. The van der Waals surface area contributed by atoms with E-state index in [1.54, 1.807) is 0 Å². The van der Waals surface area contributed by atoms with E-state index in [0.29, 0.717) is 0 Å². The Bertz CT molecular complexity index is 431. The molecule has 2 aromatic carbocycles. The number of hydrogen-bond donors (Lipinski definition) is 0. The molecule has 2 rings (SSSR count). The van der Waals surface area contributed by atoms with Gasteiger partial charge in [-0.3, -0.25) is 0 Å². The minimum Gasteiger partial charge on any atom is -0.472 e. The molecule has 1 unspecified atom stereocenters. The Kier molecular flexibility index (Phi) is 3.60. The van der Waals surface area contributed by atoms with Gasteiger partial charge in [0.15, 0.2) is 0 Å². The Labute approximate surface area is 95.9 Å². The van der Waals surface area contributed by atoms with E-state index in [0.717, 1.165) is 16.1 Å². The molecule has 76 valence electrons. The van der Waals surface area contributed by atoms with E-state index in [-0.39, 0.29) is 8.81 Å². The Morgan fingerprint density at radius 1 is 0.867 bits per heavy atom. The molecule has 0 fully saturated rings. The SMILES string of the molecule is Clc1ccccc1POc1ccccc1. The van der Waals surface area contributed by atoms with Crippen LogP contribution in [0.2, 0.25) is 5.02 Å². The summed E-state index contributed by atoms with van der Waals surface area (Å²) >= 11 is 6.02. The Morgan fingerprint density at radius 3 is 2.27 bits per heavy atom. The van der Waals surface area contributed by atoms with Crippen LogP contribution in [-0.2, 0) is 0 Å². The molecule has 0 heterocycles. The molecule has 3 heteroatoms. The maximum absolute atomic E-state index is 6.02. The van der Waals surface area contributed by atoms with Crippen molar-refractivity contribution in [2.75, 3.05) is 0 Å². The number of halogens is 1. The van der Waals surface area contributed by atoms with Crippen LogP contribution in [0.1, 0.15) is 0 Å². The molecular weight excluding hydrogens is 227 g/mol. The first kappa shape index (κ1) is 10.5. The normalized spacial score (nSPS) is 10.7. The fourth-order valence-electron chi connectivity index (χ4n) is 1.15. The molecule has 15 heavy (non-hydrogen) atoms. The van der Waals surface area contributed by atoms with E-state index in [1.165, 1.54) is 0 Å². The van der Waals surface area contributed by atoms with Crippen LogP contribution < -0.4 is 9.83 Å². The predicted octanol–water partition coefficient (Wildman–Crippen LogP) is 3.64. The van der Waals surface area contributed by atoms with Gasteiger partial charge in [0.25, 0.3) is 0 Å². The monoisotopic (exact) mass is 236 g/mol. The zero-order chi connectivity index (χ0) is 10.5. The highest BCUT2D eigenvalue weighted by Crippen LogP contribution is 2.22. The molecule has 0 spiro atoms. The first-order valence-corrected chi connectivity index (χ1v) is 5.87. The van der Waals surface area contributed by atoms with Crippen LogP contribution in [0.3, 0.4) is 0 Å². The van der Waals surface area contributed by atoms with E-state index in [9.17, 15) is 0 Å². The molecule has 0 aliphatic heterocycles. The number of hydrogen-bond acceptors (Lipinski definition) is 1. The summed E-state index contributed by atoms with van der Waals surface area (Å²) in [5.74, 6) is 0.871. The average molecular weight is 237 g/mol. The van der Waals surface area contributed by atoms with Crippen LogP contribution in [0.5, 0.6) is 5.75 Å². The first-order chi connectivity index (χ1) is 7.36. The molecule has 1 nitrogen and oxygen atoms in total. The summed E-state index contributed by atoms with van der Waals surface area (Å²) in [7, 11) is 0.249. The first-order valence-electron chi connectivity index (χ1n) is 4.59. The predicted molar refractivity (Wildman–Crippen MR) is 66.5 cm³/mol. The molecule has 0 bridgehead atoms. The molecule has 0 radical (unpaired) electrons. The van der Waals surface area contributed by atoms with Gasteiger partial charge in [-0.15, -0.1) is 0 Å². The summed E-state index contributed by atoms with van der Waals surface area (Å²) in [6.07, 6.45) is 0. The minimum absolute atomic E-state index is 0.249. The van der Waals surface area contributed by atoms with Crippen molar-refractivity contribution < 1.29 is 4.52 Å². The van der Waals surface area contributed by atoms with Crippen LogP contribution in [0, 0.1) is 0 Å². The van der Waals surface area contributed by atoms with Crippen molar-refractivity contribution in [1.29, 1.82) is 0 Å². The lowest BCUT2D eigenvalue weighted by molar-refractivity contribution is 0.638. The third kappa shape index (κ3) is 2.95. The summed E-state index contributed by atoms with van der Waals surface area (Å²) < 4.78 is 5.62. The smallest absolute Gasteiger partial charge is 0.123 e. The molecule has 0 aliphatic rings. The quantitative estimate of drug-likeness (QED) is 0.740. The third-order valence-corrected chi connectivity index (χ3v) is 3.38. The van der Waals surface area contributed by atoms with E-state index >= 15 is 0 Å². The van der Waals surface area contributed by atoms with Gasteiger partial charge in [0.1, 0.15) is 14.6 Å². The number of para-hydroxylation sites is 1. The second-order valence-electron chi connectivity index (χ2n) is 3.00. The Balaban J connectivity index is 2.03. The topological polar surface area (TPSA) is 9.23 Å². The van der Waals surface area contributed by atoms with Gasteiger partial charge in [-0.25, -0.2) is 0 Å². The van der Waals surface area contributed by atoms with Gasteiger partial charge >= 0.3 is 0 Å². The van der Waals surface area contributed by atoms with E-state index in [1.807, 2.05) is 54.6 Å². The van der Waals surface area contributed by atoms with Gasteiger partial charge in [-0.05, 0) is 24.3 Å². The van der Waals surface area contributed by atoms with Gasteiger partial charge in [-0.2, -0.15) is 0 Å². The van der Waals surface area contributed by atoms with Crippen molar-refractivity contribution in [3.8, 4) is 5.75 Å². The maximum atomic E-state index is 6.02. The summed E-state index contributed by atoms with van der Waals surface area (Å²) in [6, 6.07) is 17.5. The van der Waals surface area contributed by atoms with Crippen LogP contribution in [0.15, 0.2) is 54.6 Å². The highest BCUT2D eigenvalue weighted by molar-refractivity contribution is 7.42. The van der Waals surface area contributed by atoms with Crippen molar-refractivity contribution in [1.82, 2.24) is 0 Å². The Morgan fingerprint density at radius 2 is 1.53 bits per heavy atom. The molecule has 2 aromatic rings. The molecule has 1 atom stereocenters. The Hall–Kier alpha value is -1.04. The highest BCUT2D eigenvalue weighted by atomic mass is 35.5. The van der Waals surface area contributed by atoms with Gasteiger partial charge in [0.05, 0.1) is 5.02 Å². The summed E-state index contributed by atoms with van der Waals surface area (Å²) in [5, 5.41) is 1.79. The highest BCUT2D eigenvalue weighted by Gasteiger charge is 1.99.